The van der Waals surface area contributed by atoms with E-state index in [0.29, 0.717) is 6.54 Å². The van der Waals surface area contributed by atoms with Gasteiger partial charge in [0.25, 0.3) is 5.56 Å². The number of aromatic nitrogens is 2. The fourth-order valence-electron chi connectivity index (χ4n) is 1.69. The molecule has 0 bridgehead atoms. The van der Waals surface area contributed by atoms with Crippen LogP contribution in [0.5, 0.6) is 0 Å². The summed E-state index contributed by atoms with van der Waals surface area (Å²) in [6.07, 6.45) is 5.20. The van der Waals surface area contributed by atoms with Crippen molar-refractivity contribution in [1.82, 2.24) is 9.78 Å². The van der Waals surface area contributed by atoms with E-state index in [1.807, 2.05) is 0 Å². The van der Waals surface area contributed by atoms with Gasteiger partial charge in [-0.25, -0.2) is 4.68 Å². The first-order chi connectivity index (χ1) is 7.25. The molecule has 1 saturated heterocycles. The molecule has 0 radical (unpaired) electrons. The second kappa shape index (κ2) is 5.07. The van der Waals surface area contributed by atoms with E-state index in [0.717, 1.165) is 23.0 Å². The minimum Gasteiger partial charge on any atom is -0.376 e. The van der Waals surface area contributed by atoms with Crippen molar-refractivity contribution in [2.45, 2.75) is 31.9 Å². The lowest BCUT2D eigenvalue weighted by Gasteiger charge is -2.22. The van der Waals surface area contributed by atoms with Crippen LogP contribution in [0.15, 0.2) is 17.1 Å². The maximum atomic E-state index is 11.6. The van der Waals surface area contributed by atoms with Crippen LogP contribution in [0.25, 0.3) is 0 Å². The Morgan fingerprint density at radius 2 is 2.47 bits per heavy atom. The van der Waals surface area contributed by atoms with Gasteiger partial charge < -0.3 is 4.74 Å². The van der Waals surface area contributed by atoms with Gasteiger partial charge in [0.15, 0.2) is 0 Å². The van der Waals surface area contributed by atoms with E-state index >= 15 is 0 Å². The highest BCUT2D eigenvalue weighted by molar-refractivity contribution is 14.1. The maximum absolute atomic E-state index is 11.6. The second-order valence-corrected chi connectivity index (χ2v) is 4.93. The van der Waals surface area contributed by atoms with Gasteiger partial charge in [-0.1, -0.05) is 0 Å². The standard InChI is InChI=1S/C10H13IN2O2/c11-8-5-10(14)13(12-6-8)7-9-3-1-2-4-15-9/h5-6,9H,1-4,7H2. The van der Waals surface area contributed by atoms with Gasteiger partial charge in [-0.2, -0.15) is 5.10 Å². The van der Waals surface area contributed by atoms with E-state index in [4.69, 9.17) is 4.74 Å². The summed E-state index contributed by atoms with van der Waals surface area (Å²) in [7, 11) is 0. The van der Waals surface area contributed by atoms with Crippen LogP contribution in [0.2, 0.25) is 0 Å². The maximum Gasteiger partial charge on any atom is 0.267 e. The van der Waals surface area contributed by atoms with Crippen molar-refractivity contribution >= 4 is 22.6 Å². The van der Waals surface area contributed by atoms with Crippen LogP contribution in [-0.2, 0) is 11.3 Å². The number of ether oxygens (including phenoxy) is 1. The lowest BCUT2D eigenvalue weighted by atomic mass is 10.1. The molecule has 0 saturated carbocycles. The van der Waals surface area contributed by atoms with Crippen molar-refractivity contribution in [1.29, 1.82) is 0 Å². The van der Waals surface area contributed by atoms with Gasteiger partial charge in [0.2, 0.25) is 0 Å². The summed E-state index contributed by atoms with van der Waals surface area (Å²) >= 11 is 2.09. The molecular weight excluding hydrogens is 307 g/mol. The molecule has 82 valence electrons. The van der Waals surface area contributed by atoms with E-state index in [9.17, 15) is 4.79 Å². The van der Waals surface area contributed by atoms with Gasteiger partial charge in [0, 0.05) is 16.2 Å². The van der Waals surface area contributed by atoms with Crippen molar-refractivity contribution < 1.29 is 4.74 Å². The average Bonchev–Trinajstić information content (AvgIpc) is 2.24. The molecule has 15 heavy (non-hydrogen) atoms. The Morgan fingerprint density at radius 3 is 3.13 bits per heavy atom. The zero-order chi connectivity index (χ0) is 10.7. The molecule has 1 atom stereocenters. The SMILES string of the molecule is O=c1cc(I)cnn1CC1CCCCO1. The first-order valence-corrected chi connectivity index (χ1v) is 6.18. The highest BCUT2D eigenvalue weighted by Crippen LogP contribution is 2.13. The van der Waals surface area contributed by atoms with Crippen molar-refractivity contribution in [2.75, 3.05) is 6.61 Å². The van der Waals surface area contributed by atoms with Gasteiger partial charge in [-0.3, -0.25) is 4.79 Å². The molecular formula is C10H13IN2O2. The molecule has 5 heteroatoms. The van der Waals surface area contributed by atoms with Crippen LogP contribution in [0.3, 0.4) is 0 Å². The molecule has 1 aromatic heterocycles. The molecule has 1 fully saturated rings. The number of rotatable bonds is 2. The lowest BCUT2D eigenvalue weighted by molar-refractivity contribution is 0.00313. The first-order valence-electron chi connectivity index (χ1n) is 5.10. The summed E-state index contributed by atoms with van der Waals surface area (Å²) in [5, 5.41) is 4.09. The van der Waals surface area contributed by atoms with Gasteiger partial charge in [-0.05, 0) is 41.9 Å². The van der Waals surface area contributed by atoms with Crippen LogP contribution in [0, 0.1) is 3.57 Å². The molecule has 2 rings (SSSR count). The zero-order valence-electron chi connectivity index (χ0n) is 8.36. The largest absolute Gasteiger partial charge is 0.376 e. The molecule has 0 N–H and O–H groups in total. The molecule has 0 amide bonds. The van der Waals surface area contributed by atoms with Gasteiger partial charge in [0.1, 0.15) is 0 Å². The zero-order valence-corrected chi connectivity index (χ0v) is 10.5. The number of hydrogen-bond donors (Lipinski definition) is 0. The van der Waals surface area contributed by atoms with Crippen LogP contribution in [0.4, 0.5) is 0 Å². The van der Waals surface area contributed by atoms with Crippen molar-refractivity contribution in [2.24, 2.45) is 0 Å². The minimum absolute atomic E-state index is 0.0453. The summed E-state index contributed by atoms with van der Waals surface area (Å²) in [6, 6.07) is 1.59. The van der Waals surface area contributed by atoms with Crippen LogP contribution in [0.1, 0.15) is 19.3 Å². The summed E-state index contributed by atoms with van der Waals surface area (Å²) in [4.78, 5) is 11.6. The number of nitrogens with zero attached hydrogens (tertiary/aromatic N) is 2. The Kier molecular flexibility index (Phi) is 3.74. The minimum atomic E-state index is -0.0453. The Morgan fingerprint density at radius 1 is 1.60 bits per heavy atom. The Labute approximate surface area is 102 Å². The smallest absolute Gasteiger partial charge is 0.267 e. The second-order valence-electron chi connectivity index (χ2n) is 3.68. The van der Waals surface area contributed by atoms with Crippen molar-refractivity contribution in [3.8, 4) is 0 Å². The predicted octanol–water partition coefficient (Wildman–Crippen LogP) is 1.42. The van der Waals surface area contributed by atoms with E-state index in [1.165, 1.54) is 11.1 Å². The van der Waals surface area contributed by atoms with Crippen molar-refractivity contribution in [3.05, 3.63) is 26.2 Å². The highest BCUT2D eigenvalue weighted by atomic mass is 127. The number of hydrogen-bond acceptors (Lipinski definition) is 3. The molecule has 0 aromatic carbocycles. The van der Waals surface area contributed by atoms with Gasteiger partial charge in [0.05, 0.1) is 18.8 Å². The molecule has 0 spiro atoms. The van der Waals surface area contributed by atoms with Gasteiger partial charge in [-0.15, -0.1) is 0 Å². The number of halogens is 1. The first kappa shape index (κ1) is 11.1. The van der Waals surface area contributed by atoms with E-state index < -0.39 is 0 Å². The van der Waals surface area contributed by atoms with E-state index in [-0.39, 0.29) is 11.7 Å². The normalized spacial score (nSPS) is 21.5. The summed E-state index contributed by atoms with van der Waals surface area (Å²) in [6.45, 7) is 1.39. The Hall–Kier alpha value is -0.430. The molecule has 1 aromatic rings. The predicted molar refractivity (Wildman–Crippen MR) is 64.8 cm³/mol. The monoisotopic (exact) mass is 320 g/mol. The third-order valence-electron chi connectivity index (χ3n) is 2.49. The molecule has 1 unspecified atom stereocenters. The van der Waals surface area contributed by atoms with Gasteiger partial charge >= 0.3 is 0 Å². The third kappa shape index (κ3) is 3.01. The Bertz CT molecular complexity index is 385. The Balaban J connectivity index is 2.06. The average molecular weight is 320 g/mol. The molecule has 1 aliphatic rings. The van der Waals surface area contributed by atoms with Crippen LogP contribution in [-0.4, -0.2) is 22.5 Å². The molecule has 0 aliphatic carbocycles. The van der Waals surface area contributed by atoms with E-state index in [2.05, 4.69) is 27.7 Å². The molecule has 1 aliphatic heterocycles. The summed E-state index contributed by atoms with van der Waals surface area (Å²) in [5.41, 5.74) is -0.0453. The summed E-state index contributed by atoms with van der Waals surface area (Å²) in [5.74, 6) is 0. The van der Waals surface area contributed by atoms with E-state index in [1.54, 1.807) is 12.3 Å². The fraction of sp³-hybridized carbons (Fsp3) is 0.600. The topological polar surface area (TPSA) is 44.1 Å². The van der Waals surface area contributed by atoms with Crippen LogP contribution >= 0.6 is 22.6 Å². The lowest BCUT2D eigenvalue weighted by Crippen LogP contribution is -2.31. The highest BCUT2D eigenvalue weighted by Gasteiger charge is 2.15. The van der Waals surface area contributed by atoms with Crippen molar-refractivity contribution in [3.63, 3.8) is 0 Å². The molecule has 2 heterocycles. The fourth-order valence-corrected chi connectivity index (χ4v) is 2.08. The van der Waals surface area contributed by atoms with Crippen LogP contribution < -0.4 is 5.56 Å². The summed E-state index contributed by atoms with van der Waals surface area (Å²) < 4.78 is 7.92. The molecule has 4 nitrogen and oxygen atoms in total. The quantitative estimate of drug-likeness (QED) is 0.774. The third-order valence-corrected chi connectivity index (χ3v) is 3.08.